The number of amides is 1. The van der Waals surface area contributed by atoms with Gasteiger partial charge in [0.1, 0.15) is 5.82 Å². The van der Waals surface area contributed by atoms with Gasteiger partial charge in [-0.2, -0.15) is 11.8 Å². The first-order valence-corrected chi connectivity index (χ1v) is 11.3. The van der Waals surface area contributed by atoms with Crippen LogP contribution in [0.4, 0.5) is 4.39 Å². The van der Waals surface area contributed by atoms with Crippen LogP contribution in [0.1, 0.15) is 38.2 Å². The number of ether oxygens (including phenoxy) is 1. The average Bonchev–Trinajstić information content (AvgIpc) is 3.04. The number of hydrogen-bond donors (Lipinski definition) is 1. The lowest BCUT2D eigenvalue weighted by atomic mass is 10.1. The maximum atomic E-state index is 13.0. The Morgan fingerprint density at radius 3 is 2.86 bits per heavy atom. The van der Waals surface area contributed by atoms with Gasteiger partial charge in [-0.05, 0) is 43.2 Å². The molecule has 1 amide bonds. The Balaban J connectivity index is 1.71. The number of halogens is 1. The summed E-state index contributed by atoms with van der Waals surface area (Å²) < 4.78 is 17.9. The van der Waals surface area contributed by atoms with Gasteiger partial charge in [-0.25, -0.2) is 4.39 Å². The number of rotatable bonds is 12. The summed E-state index contributed by atoms with van der Waals surface area (Å²) in [5.74, 6) is 1.36. The number of carbonyl (C=O) groups is 2. The van der Waals surface area contributed by atoms with Gasteiger partial charge in [0, 0.05) is 31.6 Å². The van der Waals surface area contributed by atoms with Crippen molar-refractivity contribution in [3.63, 3.8) is 0 Å². The number of carbonyl (C=O) groups excluding carboxylic acids is 2. The zero-order chi connectivity index (χ0) is 21.1. The molecule has 0 aliphatic carbocycles. The largest absolute Gasteiger partial charge is 0.466 e. The molecule has 0 unspecified atom stereocenters. The van der Waals surface area contributed by atoms with Crippen molar-refractivity contribution in [2.24, 2.45) is 0 Å². The lowest BCUT2D eigenvalue weighted by Crippen LogP contribution is -2.34. The van der Waals surface area contributed by atoms with E-state index in [4.69, 9.17) is 4.74 Å². The summed E-state index contributed by atoms with van der Waals surface area (Å²) in [5.41, 5.74) is 0.863. The van der Waals surface area contributed by atoms with Crippen LogP contribution < -0.4 is 0 Å². The molecule has 2 rings (SSSR count). The Bertz CT molecular complexity index is 680. The number of likely N-dealkylation sites (tertiary alicyclic amines) is 1. The van der Waals surface area contributed by atoms with Gasteiger partial charge in [0.2, 0.25) is 5.91 Å². The van der Waals surface area contributed by atoms with E-state index in [9.17, 15) is 19.1 Å². The summed E-state index contributed by atoms with van der Waals surface area (Å²) in [4.78, 5) is 25.3. The molecule has 2 atom stereocenters. The van der Waals surface area contributed by atoms with Crippen LogP contribution in [0, 0.1) is 5.82 Å². The summed E-state index contributed by atoms with van der Waals surface area (Å²) in [7, 11) is 0. The van der Waals surface area contributed by atoms with Crippen LogP contribution in [0.3, 0.4) is 0 Å². The molecule has 160 valence electrons. The maximum Gasteiger partial charge on any atom is 0.305 e. The van der Waals surface area contributed by atoms with E-state index < -0.39 is 6.10 Å². The fourth-order valence-corrected chi connectivity index (χ4v) is 4.13. The minimum absolute atomic E-state index is 0.00509. The molecule has 1 N–H and O–H groups in total. The van der Waals surface area contributed by atoms with E-state index in [1.807, 2.05) is 11.0 Å². The highest BCUT2D eigenvalue weighted by molar-refractivity contribution is 7.99. The van der Waals surface area contributed by atoms with Crippen molar-refractivity contribution >= 4 is 23.6 Å². The lowest BCUT2D eigenvalue weighted by molar-refractivity contribution is -0.143. The van der Waals surface area contributed by atoms with E-state index in [0.717, 1.165) is 29.9 Å². The van der Waals surface area contributed by atoms with Crippen LogP contribution in [0.15, 0.2) is 36.4 Å². The van der Waals surface area contributed by atoms with E-state index in [0.29, 0.717) is 32.4 Å². The van der Waals surface area contributed by atoms with E-state index in [2.05, 4.69) is 0 Å². The number of hydrogen-bond acceptors (Lipinski definition) is 5. The minimum atomic E-state index is -0.671. The van der Waals surface area contributed by atoms with Crippen LogP contribution in [-0.2, 0) is 20.7 Å². The molecule has 0 spiro atoms. The summed E-state index contributed by atoms with van der Waals surface area (Å²) in [6.45, 7) is 2.87. The minimum Gasteiger partial charge on any atom is -0.466 e. The molecule has 0 aromatic heterocycles. The zero-order valence-electron chi connectivity index (χ0n) is 16.9. The van der Waals surface area contributed by atoms with Crippen molar-refractivity contribution in [2.75, 3.05) is 24.7 Å². The molecule has 1 fully saturated rings. The zero-order valence-corrected chi connectivity index (χ0v) is 17.7. The first-order chi connectivity index (χ1) is 14.0. The Kier molecular flexibility index (Phi) is 10.2. The summed E-state index contributed by atoms with van der Waals surface area (Å²) in [5, 5.41) is 10.2. The van der Waals surface area contributed by atoms with Gasteiger partial charge in [-0.15, -0.1) is 0 Å². The maximum absolute atomic E-state index is 13.0. The standard InChI is InChI=1S/C22H30FNO4S/c1-2-28-22(27)4-3-14-29-15-13-24-19(10-12-21(24)26)9-11-20(25)16-17-5-7-18(23)8-6-17/h5-9,11,19-20,25H,2-4,10,12-16H2,1H3/t19-,20+/m0/s1. The van der Waals surface area contributed by atoms with Crippen molar-refractivity contribution in [3.8, 4) is 0 Å². The predicted molar refractivity (Wildman–Crippen MR) is 113 cm³/mol. The van der Waals surface area contributed by atoms with Crippen molar-refractivity contribution in [1.82, 2.24) is 4.90 Å². The number of esters is 1. The number of benzene rings is 1. The molecule has 0 saturated carbocycles. The first kappa shape index (κ1) is 23.4. The van der Waals surface area contributed by atoms with Gasteiger partial charge < -0.3 is 14.7 Å². The van der Waals surface area contributed by atoms with Crippen LogP contribution in [0.2, 0.25) is 0 Å². The number of thioether (sulfide) groups is 1. The van der Waals surface area contributed by atoms with E-state index >= 15 is 0 Å². The molecule has 1 aromatic rings. The summed E-state index contributed by atoms with van der Waals surface area (Å²) >= 11 is 1.73. The van der Waals surface area contributed by atoms with Crippen molar-refractivity contribution in [3.05, 3.63) is 47.8 Å². The molecule has 1 aliphatic rings. The highest BCUT2D eigenvalue weighted by Gasteiger charge is 2.28. The van der Waals surface area contributed by atoms with Gasteiger partial charge in [0.05, 0.1) is 18.8 Å². The monoisotopic (exact) mass is 423 g/mol. The van der Waals surface area contributed by atoms with Crippen molar-refractivity contribution in [1.29, 1.82) is 0 Å². The van der Waals surface area contributed by atoms with Crippen LogP contribution in [0.25, 0.3) is 0 Å². The second kappa shape index (κ2) is 12.6. The molecule has 5 nitrogen and oxygen atoms in total. The number of nitrogens with zero attached hydrogens (tertiary/aromatic N) is 1. The third kappa shape index (κ3) is 8.58. The van der Waals surface area contributed by atoms with Crippen LogP contribution >= 0.6 is 11.8 Å². The summed E-state index contributed by atoms with van der Waals surface area (Å²) in [6, 6.07) is 6.10. The van der Waals surface area contributed by atoms with Gasteiger partial charge in [0.15, 0.2) is 0 Å². The third-order valence-electron chi connectivity index (χ3n) is 4.74. The first-order valence-electron chi connectivity index (χ1n) is 10.1. The highest BCUT2D eigenvalue weighted by Crippen LogP contribution is 2.21. The number of aliphatic hydroxyl groups is 1. The van der Waals surface area contributed by atoms with Gasteiger partial charge >= 0.3 is 5.97 Å². The fourth-order valence-electron chi connectivity index (χ4n) is 3.25. The molecule has 1 aliphatic heterocycles. The molecule has 0 radical (unpaired) electrons. The Labute approximate surface area is 176 Å². The summed E-state index contributed by atoms with van der Waals surface area (Å²) in [6.07, 6.45) is 5.86. The van der Waals surface area contributed by atoms with Crippen molar-refractivity contribution in [2.45, 2.75) is 51.2 Å². The molecular formula is C22H30FNO4S. The van der Waals surface area contributed by atoms with Crippen LogP contribution in [-0.4, -0.2) is 58.7 Å². The second-order valence-corrected chi connectivity index (χ2v) is 8.22. The predicted octanol–water partition coefficient (Wildman–Crippen LogP) is 3.35. The molecule has 7 heteroatoms. The second-order valence-electron chi connectivity index (χ2n) is 7.00. The molecular weight excluding hydrogens is 393 g/mol. The Morgan fingerprint density at radius 2 is 2.14 bits per heavy atom. The third-order valence-corrected chi connectivity index (χ3v) is 5.79. The molecule has 29 heavy (non-hydrogen) atoms. The smallest absolute Gasteiger partial charge is 0.305 e. The van der Waals surface area contributed by atoms with Gasteiger partial charge in [-0.1, -0.05) is 24.3 Å². The molecule has 1 aromatic carbocycles. The van der Waals surface area contributed by atoms with E-state index in [1.165, 1.54) is 12.1 Å². The quantitative estimate of drug-likeness (QED) is 0.317. The van der Waals surface area contributed by atoms with Gasteiger partial charge in [0.25, 0.3) is 0 Å². The Hall–Kier alpha value is -1.86. The van der Waals surface area contributed by atoms with Gasteiger partial charge in [-0.3, -0.25) is 9.59 Å². The Morgan fingerprint density at radius 1 is 1.38 bits per heavy atom. The highest BCUT2D eigenvalue weighted by atomic mass is 32.2. The van der Waals surface area contributed by atoms with Crippen molar-refractivity contribution < 1.29 is 23.8 Å². The topological polar surface area (TPSA) is 66.8 Å². The van der Waals surface area contributed by atoms with E-state index in [-0.39, 0.29) is 23.7 Å². The SMILES string of the molecule is CCOC(=O)CCCSCCN1C(=O)CC[C@@H]1C=C[C@@H](O)Cc1ccc(F)cc1. The van der Waals surface area contributed by atoms with Crippen LogP contribution in [0.5, 0.6) is 0 Å². The lowest BCUT2D eigenvalue weighted by Gasteiger charge is -2.22. The fraction of sp³-hybridized carbons (Fsp3) is 0.545. The average molecular weight is 424 g/mol. The molecule has 1 heterocycles. The normalized spacial score (nSPS) is 17.8. The molecule has 1 saturated heterocycles. The van der Waals surface area contributed by atoms with E-state index in [1.54, 1.807) is 36.9 Å². The molecule has 0 bridgehead atoms. The number of aliphatic hydroxyl groups excluding tert-OH is 1.